The zero-order valence-electron chi connectivity index (χ0n) is 9.05. The quantitative estimate of drug-likeness (QED) is 0.650. The lowest BCUT2D eigenvalue weighted by molar-refractivity contribution is -0.123. The van der Waals surface area contributed by atoms with Crippen LogP contribution in [0.5, 0.6) is 0 Å². The second-order valence-corrected chi connectivity index (χ2v) is 4.23. The molecule has 1 rings (SSSR count). The molecule has 1 unspecified atom stereocenters. The van der Waals surface area contributed by atoms with E-state index < -0.39 is 0 Å². The molecule has 1 aliphatic rings. The maximum Gasteiger partial charge on any atom is 0.149 e. The fraction of sp³-hybridized carbons (Fsp3) is 0.909. The van der Waals surface area contributed by atoms with Crippen molar-refractivity contribution in [2.75, 3.05) is 13.6 Å². The van der Waals surface area contributed by atoms with Crippen LogP contribution in [0.2, 0.25) is 0 Å². The van der Waals surface area contributed by atoms with Crippen LogP contribution in [0.25, 0.3) is 0 Å². The average molecular weight is 183 g/mol. The van der Waals surface area contributed by atoms with E-state index in [0.29, 0.717) is 12.2 Å². The molecule has 0 radical (unpaired) electrons. The second-order valence-electron chi connectivity index (χ2n) is 4.23. The Morgan fingerprint density at radius 3 is 2.54 bits per heavy atom. The van der Waals surface area contributed by atoms with Gasteiger partial charge in [-0.2, -0.15) is 0 Å². The maximum absolute atomic E-state index is 11.4. The Kier molecular flexibility index (Phi) is 3.91. The van der Waals surface area contributed by atoms with Gasteiger partial charge in [-0.25, -0.2) is 0 Å². The van der Waals surface area contributed by atoms with E-state index in [1.165, 1.54) is 19.3 Å². The molecule has 0 aromatic carbocycles. The highest BCUT2D eigenvalue weighted by Gasteiger charge is 2.23. The predicted molar refractivity (Wildman–Crippen MR) is 54.7 cm³/mol. The van der Waals surface area contributed by atoms with E-state index in [-0.39, 0.29) is 6.04 Å². The van der Waals surface area contributed by atoms with Crippen molar-refractivity contribution >= 4 is 5.78 Å². The second kappa shape index (κ2) is 4.75. The molecule has 0 saturated heterocycles. The highest BCUT2D eigenvalue weighted by atomic mass is 16.1. The van der Waals surface area contributed by atoms with Crippen LogP contribution >= 0.6 is 0 Å². The average Bonchev–Trinajstić information content (AvgIpc) is 2.08. The SMILES string of the molecule is CCC(=O)C(C)N(C)CC1CCC1. The number of nitrogens with zero attached hydrogens (tertiary/aromatic N) is 1. The molecular formula is C11H21NO. The lowest BCUT2D eigenvalue weighted by atomic mass is 9.85. The van der Waals surface area contributed by atoms with Gasteiger partial charge in [0.2, 0.25) is 0 Å². The number of hydrogen-bond acceptors (Lipinski definition) is 2. The van der Waals surface area contributed by atoms with Gasteiger partial charge in [0.25, 0.3) is 0 Å². The first-order chi connectivity index (χ1) is 6.15. The number of rotatable bonds is 5. The Labute approximate surface area is 81.3 Å². The van der Waals surface area contributed by atoms with Gasteiger partial charge in [-0.1, -0.05) is 13.3 Å². The number of ketones is 1. The first-order valence-corrected chi connectivity index (χ1v) is 5.38. The fourth-order valence-corrected chi connectivity index (χ4v) is 1.78. The van der Waals surface area contributed by atoms with Crippen LogP contribution in [0.3, 0.4) is 0 Å². The minimum Gasteiger partial charge on any atom is -0.298 e. The molecule has 76 valence electrons. The minimum atomic E-state index is 0.116. The normalized spacial score (nSPS) is 20.0. The molecular weight excluding hydrogens is 162 g/mol. The zero-order valence-corrected chi connectivity index (χ0v) is 9.05. The van der Waals surface area contributed by atoms with Gasteiger partial charge in [0.15, 0.2) is 0 Å². The molecule has 0 N–H and O–H groups in total. The van der Waals surface area contributed by atoms with Gasteiger partial charge >= 0.3 is 0 Å². The van der Waals surface area contributed by atoms with Crippen LogP contribution in [0.4, 0.5) is 0 Å². The maximum atomic E-state index is 11.4. The van der Waals surface area contributed by atoms with Crippen LogP contribution in [0, 0.1) is 5.92 Å². The summed E-state index contributed by atoms with van der Waals surface area (Å²) in [6.07, 6.45) is 4.76. The minimum absolute atomic E-state index is 0.116. The number of likely N-dealkylation sites (N-methyl/N-ethyl adjacent to an activating group) is 1. The smallest absolute Gasteiger partial charge is 0.149 e. The highest BCUT2D eigenvalue weighted by molar-refractivity contribution is 5.83. The fourth-order valence-electron chi connectivity index (χ4n) is 1.78. The van der Waals surface area contributed by atoms with Crippen LogP contribution in [0.1, 0.15) is 39.5 Å². The summed E-state index contributed by atoms with van der Waals surface area (Å²) in [4.78, 5) is 13.6. The number of hydrogen-bond donors (Lipinski definition) is 0. The van der Waals surface area contributed by atoms with E-state index in [4.69, 9.17) is 0 Å². The number of carbonyl (C=O) groups excluding carboxylic acids is 1. The summed E-state index contributed by atoms with van der Waals surface area (Å²) in [7, 11) is 2.07. The molecule has 0 aromatic rings. The van der Waals surface area contributed by atoms with Crippen LogP contribution < -0.4 is 0 Å². The van der Waals surface area contributed by atoms with Gasteiger partial charge < -0.3 is 0 Å². The van der Waals surface area contributed by atoms with E-state index in [0.717, 1.165) is 12.5 Å². The van der Waals surface area contributed by atoms with Gasteiger partial charge in [-0.3, -0.25) is 9.69 Å². The molecule has 0 aliphatic heterocycles. The lowest BCUT2D eigenvalue weighted by Gasteiger charge is -2.32. The van der Waals surface area contributed by atoms with Crippen LogP contribution in [0.15, 0.2) is 0 Å². The first-order valence-electron chi connectivity index (χ1n) is 5.38. The summed E-state index contributed by atoms with van der Waals surface area (Å²) in [5, 5.41) is 0. The summed E-state index contributed by atoms with van der Waals surface area (Å²) in [6.45, 7) is 5.06. The lowest BCUT2D eigenvalue weighted by Crippen LogP contribution is -2.40. The summed E-state index contributed by atoms with van der Waals surface area (Å²) >= 11 is 0. The zero-order chi connectivity index (χ0) is 9.84. The Morgan fingerprint density at radius 1 is 1.54 bits per heavy atom. The Morgan fingerprint density at radius 2 is 2.15 bits per heavy atom. The molecule has 1 aliphatic carbocycles. The van der Waals surface area contributed by atoms with Crippen molar-refractivity contribution in [2.45, 2.75) is 45.6 Å². The van der Waals surface area contributed by atoms with Crippen molar-refractivity contribution in [3.63, 3.8) is 0 Å². The largest absolute Gasteiger partial charge is 0.298 e. The molecule has 0 spiro atoms. The molecule has 13 heavy (non-hydrogen) atoms. The van der Waals surface area contributed by atoms with E-state index in [1.807, 2.05) is 13.8 Å². The van der Waals surface area contributed by atoms with E-state index in [2.05, 4.69) is 11.9 Å². The van der Waals surface area contributed by atoms with E-state index in [1.54, 1.807) is 0 Å². The third kappa shape index (κ3) is 2.80. The van der Waals surface area contributed by atoms with Crippen molar-refractivity contribution < 1.29 is 4.79 Å². The molecule has 0 heterocycles. The number of Topliss-reactive ketones (excluding diaryl/α,β-unsaturated/α-hetero) is 1. The molecule has 1 saturated carbocycles. The molecule has 0 amide bonds. The van der Waals surface area contributed by atoms with Gasteiger partial charge in [-0.15, -0.1) is 0 Å². The van der Waals surface area contributed by atoms with E-state index in [9.17, 15) is 4.79 Å². The molecule has 0 aromatic heterocycles. The van der Waals surface area contributed by atoms with Crippen molar-refractivity contribution in [3.05, 3.63) is 0 Å². The summed E-state index contributed by atoms with van der Waals surface area (Å²) in [5.74, 6) is 1.22. The Balaban J connectivity index is 2.27. The third-order valence-electron chi connectivity index (χ3n) is 3.25. The summed E-state index contributed by atoms with van der Waals surface area (Å²) in [5.41, 5.74) is 0. The van der Waals surface area contributed by atoms with Crippen molar-refractivity contribution in [2.24, 2.45) is 5.92 Å². The molecule has 1 fully saturated rings. The van der Waals surface area contributed by atoms with E-state index >= 15 is 0 Å². The number of carbonyl (C=O) groups is 1. The van der Waals surface area contributed by atoms with Crippen LogP contribution in [-0.2, 0) is 4.79 Å². The van der Waals surface area contributed by atoms with Crippen LogP contribution in [-0.4, -0.2) is 30.3 Å². The van der Waals surface area contributed by atoms with Gasteiger partial charge in [0.05, 0.1) is 6.04 Å². The van der Waals surface area contributed by atoms with Crippen molar-refractivity contribution in [1.29, 1.82) is 0 Å². The molecule has 2 nitrogen and oxygen atoms in total. The molecule has 1 atom stereocenters. The Bertz CT molecular complexity index is 175. The Hall–Kier alpha value is -0.370. The van der Waals surface area contributed by atoms with Crippen molar-refractivity contribution in [1.82, 2.24) is 4.90 Å². The first kappa shape index (κ1) is 10.7. The standard InChI is InChI=1S/C11H21NO/c1-4-11(13)9(2)12(3)8-10-6-5-7-10/h9-10H,4-8H2,1-3H3. The third-order valence-corrected chi connectivity index (χ3v) is 3.25. The van der Waals surface area contributed by atoms with Gasteiger partial charge in [0.1, 0.15) is 5.78 Å². The monoisotopic (exact) mass is 183 g/mol. The highest BCUT2D eigenvalue weighted by Crippen LogP contribution is 2.27. The van der Waals surface area contributed by atoms with Gasteiger partial charge in [0, 0.05) is 13.0 Å². The molecule has 0 bridgehead atoms. The summed E-state index contributed by atoms with van der Waals surface area (Å²) < 4.78 is 0. The van der Waals surface area contributed by atoms with Gasteiger partial charge in [-0.05, 0) is 32.7 Å². The predicted octanol–water partition coefficient (Wildman–Crippen LogP) is 2.09. The topological polar surface area (TPSA) is 20.3 Å². The van der Waals surface area contributed by atoms with Crippen molar-refractivity contribution in [3.8, 4) is 0 Å². The summed E-state index contributed by atoms with van der Waals surface area (Å²) in [6, 6.07) is 0.116. The molecule has 2 heteroatoms.